The molecule has 0 amide bonds. The molecule has 0 aromatic heterocycles. The Hall–Kier alpha value is -2.42. The van der Waals surface area contributed by atoms with Gasteiger partial charge in [-0.3, -0.25) is 0 Å². The van der Waals surface area contributed by atoms with Gasteiger partial charge in [-0.25, -0.2) is 4.58 Å². The van der Waals surface area contributed by atoms with Crippen LogP contribution in [0.5, 0.6) is 0 Å². The highest BCUT2D eigenvalue weighted by Crippen LogP contribution is 2.29. The molecule has 1 aliphatic rings. The van der Waals surface area contributed by atoms with Gasteiger partial charge < -0.3 is 17.3 Å². The standard InChI is InChI=1S/C23H25N2.ClH/c1-24(2)21-14-10-19(11-15-21)23(18-8-6-5-7-9-18)20-12-16-22(17-13-20)25(3)4;/h5-17H,1-4H3;1H/q+1;/i5D,6D,7D,8D,9D;. The first kappa shape index (κ1) is 13.7. The third-order valence-electron chi connectivity index (χ3n) is 4.17. The van der Waals surface area contributed by atoms with Crippen LogP contribution in [0, 0.1) is 0 Å². The van der Waals surface area contributed by atoms with Crippen LogP contribution in [0.25, 0.3) is 5.57 Å². The number of hydrogen-bond acceptors (Lipinski definition) is 0. The third kappa shape index (κ3) is 4.40. The Morgan fingerprint density at radius 3 is 1.92 bits per heavy atom. The van der Waals surface area contributed by atoms with Crippen LogP contribution in [0.15, 0.2) is 84.4 Å². The van der Waals surface area contributed by atoms with Crippen molar-refractivity contribution in [1.29, 1.82) is 0 Å². The van der Waals surface area contributed by atoms with Crippen molar-refractivity contribution in [3.05, 3.63) is 95.5 Å². The number of rotatable bonds is 3. The number of halogens is 1. The summed E-state index contributed by atoms with van der Waals surface area (Å²) in [6.45, 7) is 0. The Morgan fingerprint density at radius 2 is 1.42 bits per heavy atom. The van der Waals surface area contributed by atoms with Crippen molar-refractivity contribution in [3.63, 3.8) is 0 Å². The average Bonchev–Trinajstić information content (AvgIpc) is 2.74. The molecular weight excluding hydrogens is 340 g/mol. The van der Waals surface area contributed by atoms with Crippen molar-refractivity contribution in [1.82, 2.24) is 0 Å². The van der Waals surface area contributed by atoms with Crippen molar-refractivity contribution < 1.29 is 28.7 Å². The Labute approximate surface area is 169 Å². The molecule has 0 fully saturated rings. The van der Waals surface area contributed by atoms with Gasteiger partial charge in [0, 0.05) is 12.2 Å². The van der Waals surface area contributed by atoms with E-state index in [1.165, 1.54) is 4.90 Å². The minimum absolute atomic E-state index is 0. The van der Waals surface area contributed by atoms with Gasteiger partial charge in [0.1, 0.15) is 19.8 Å². The van der Waals surface area contributed by atoms with Crippen molar-refractivity contribution >= 4 is 17.0 Å². The van der Waals surface area contributed by atoms with Crippen LogP contribution in [0.1, 0.15) is 18.0 Å². The lowest BCUT2D eigenvalue weighted by atomic mass is 9.90. The second-order valence-electron chi connectivity index (χ2n) is 6.39. The van der Waals surface area contributed by atoms with Crippen LogP contribution in [0.3, 0.4) is 0 Å². The zero-order valence-corrected chi connectivity index (χ0v) is 16.2. The van der Waals surface area contributed by atoms with E-state index in [1.807, 2.05) is 81.3 Å². The predicted molar refractivity (Wildman–Crippen MR) is 107 cm³/mol. The highest BCUT2D eigenvalue weighted by molar-refractivity contribution is 6.03. The monoisotopic (exact) mass is 370 g/mol. The van der Waals surface area contributed by atoms with Crippen molar-refractivity contribution in [2.75, 3.05) is 28.2 Å². The summed E-state index contributed by atoms with van der Waals surface area (Å²) >= 11 is 0. The normalized spacial score (nSPS) is 15.7. The van der Waals surface area contributed by atoms with E-state index in [1.54, 1.807) is 0 Å². The second-order valence-corrected chi connectivity index (χ2v) is 6.39. The topological polar surface area (TPSA) is 7.45 Å². The summed E-state index contributed by atoms with van der Waals surface area (Å²) in [6.07, 6.45) is 7.78. The quantitative estimate of drug-likeness (QED) is 0.733. The number of nitrogens with one attached hydrogen (secondary N) is 1. The molecule has 1 aliphatic carbocycles. The summed E-state index contributed by atoms with van der Waals surface area (Å²) in [5.41, 5.74) is 4.55. The van der Waals surface area contributed by atoms with Gasteiger partial charge in [-0.15, -0.1) is 0 Å². The highest BCUT2D eigenvalue weighted by atomic mass is 35.5. The largest absolute Gasteiger partial charge is 1.00 e. The maximum Gasteiger partial charge on any atom is 0.199 e. The van der Waals surface area contributed by atoms with Gasteiger partial charge in [-0.1, -0.05) is 30.2 Å². The van der Waals surface area contributed by atoms with E-state index in [2.05, 4.69) is 0 Å². The highest BCUT2D eigenvalue weighted by Gasteiger charge is 2.13. The SMILES string of the molecule is [2H]c1c([2H])c([2H])c(C(=C2C=CC(=[N+](C)C)C=C2)c2ccc([NH+](C)C)cc2)c([2H])c1[2H].[Cl-]. The molecule has 2 aromatic carbocycles. The molecule has 2 nitrogen and oxygen atoms in total. The molecule has 0 aliphatic heterocycles. The van der Waals surface area contributed by atoms with Gasteiger partial charge in [0.25, 0.3) is 0 Å². The lowest BCUT2D eigenvalue weighted by molar-refractivity contribution is -0.786. The summed E-state index contributed by atoms with van der Waals surface area (Å²) < 4.78 is 43.1. The summed E-state index contributed by atoms with van der Waals surface area (Å²) in [5.74, 6) is 0. The summed E-state index contributed by atoms with van der Waals surface area (Å²) in [5, 5.41) is 0. The molecule has 2 aromatic rings. The summed E-state index contributed by atoms with van der Waals surface area (Å²) in [7, 11) is 7.99. The molecule has 134 valence electrons. The number of benzene rings is 2. The Morgan fingerprint density at radius 1 is 0.846 bits per heavy atom. The van der Waals surface area contributed by atoms with E-state index in [9.17, 15) is 0 Å². The fourth-order valence-corrected chi connectivity index (χ4v) is 2.73. The molecule has 26 heavy (non-hydrogen) atoms. The molecule has 0 saturated carbocycles. The smallest absolute Gasteiger partial charge is 0.199 e. The summed E-state index contributed by atoms with van der Waals surface area (Å²) in [6, 6.07) is 6.43. The number of hydrogen-bond donors (Lipinski definition) is 1. The van der Waals surface area contributed by atoms with E-state index >= 15 is 0 Å². The first-order chi connectivity index (χ1) is 14.1. The average molecular weight is 371 g/mol. The van der Waals surface area contributed by atoms with E-state index in [0.717, 1.165) is 22.5 Å². The molecule has 3 rings (SSSR count). The Kier molecular flexibility index (Phi) is 4.65. The lowest BCUT2D eigenvalue weighted by Crippen LogP contribution is -3.00. The molecule has 0 heterocycles. The van der Waals surface area contributed by atoms with Crippen molar-refractivity contribution in [2.45, 2.75) is 0 Å². The van der Waals surface area contributed by atoms with Crippen LogP contribution in [-0.2, 0) is 0 Å². The molecule has 0 spiro atoms. The van der Waals surface area contributed by atoms with E-state index in [4.69, 9.17) is 6.85 Å². The zero-order chi connectivity index (χ0) is 22.2. The van der Waals surface area contributed by atoms with Crippen LogP contribution in [0.4, 0.5) is 5.69 Å². The van der Waals surface area contributed by atoms with Gasteiger partial charge in [0.2, 0.25) is 0 Å². The van der Waals surface area contributed by atoms with Crippen LogP contribution >= 0.6 is 0 Å². The van der Waals surface area contributed by atoms with E-state index in [-0.39, 0.29) is 48.2 Å². The van der Waals surface area contributed by atoms with Crippen molar-refractivity contribution in [2.24, 2.45) is 0 Å². The molecule has 0 atom stereocenters. The van der Waals surface area contributed by atoms with Crippen molar-refractivity contribution in [3.8, 4) is 0 Å². The predicted octanol–water partition coefficient (Wildman–Crippen LogP) is 0.108. The number of quaternary nitrogens is 1. The van der Waals surface area contributed by atoms with Crippen LogP contribution in [-0.4, -0.2) is 38.5 Å². The molecule has 0 bridgehead atoms. The minimum Gasteiger partial charge on any atom is -1.00 e. The maximum atomic E-state index is 8.48. The van der Waals surface area contributed by atoms with Gasteiger partial charge in [0.05, 0.1) is 20.9 Å². The number of nitrogens with zero attached hydrogens (tertiary/aromatic N) is 1. The van der Waals surface area contributed by atoms with Crippen LogP contribution in [0.2, 0.25) is 0 Å². The fourth-order valence-electron chi connectivity index (χ4n) is 2.73. The first-order valence-corrected chi connectivity index (χ1v) is 8.26. The molecule has 0 saturated heterocycles. The van der Waals surface area contributed by atoms with Gasteiger partial charge >= 0.3 is 0 Å². The fraction of sp³-hybridized carbons (Fsp3) is 0.174. The Bertz CT molecular complexity index is 1080. The molecule has 1 N–H and O–H groups in total. The Balaban J connectivity index is 0.00000341. The maximum absolute atomic E-state index is 8.48. The lowest BCUT2D eigenvalue weighted by Gasteiger charge is -2.14. The third-order valence-corrected chi connectivity index (χ3v) is 4.17. The van der Waals surface area contributed by atoms with Gasteiger partial charge in [-0.05, 0) is 58.7 Å². The summed E-state index contributed by atoms with van der Waals surface area (Å²) in [4.78, 5) is 1.18. The molecular formula is C23H26ClN2+. The number of allylic oxidation sites excluding steroid dienone is 5. The van der Waals surface area contributed by atoms with Crippen LogP contribution < -0.4 is 17.3 Å². The second kappa shape index (κ2) is 8.79. The first-order valence-electron chi connectivity index (χ1n) is 10.8. The molecule has 3 heteroatoms. The minimum atomic E-state index is -0.386. The van der Waals surface area contributed by atoms with Gasteiger partial charge in [0.15, 0.2) is 5.71 Å². The van der Waals surface area contributed by atoms with E-state index < -0.39 is 0 Å². The molecule has 0 radical (unpaired) electrons. The van der Waals surface area contributed by atoms with E-state index in [0.29, 0.717) is 5.57 Å². The van der Waals surface area contributed by atoms with Gasteiger partial charge in [-0.2, -0.15) is 0 Å². The zero-order valence-electron chi connectivity index (χ0n) is 20.4. The molecule has 0 unspecified atom stereocenters.